The highest BCUT2D eigenvalue weighted by molar-refractivity contribution is 5.93. The first kappa shape index (κ1) is 16.7. The summed E-state index contributed by atoms with van der Waals surface area (Å²) in [6.07, 6.45) is 0. The van der Waals surface area contributed by atoms with Crippen LogP contribution in [0.5, 0.6) is 0 Å². The summed E-state index contributed by atoms with van der Waals surface area (Å²) in [5, 5.41) is 18.9. The van der Waals surface area contributed by atoms with Crippen molar-refractivity contribution in [2.24, 2.45) is 0 Å². The molecule has 0 radical (unpaired) electrons. The number of carbonyl (C=O) groups is 3. The maximum Gasteiger partial charge on any atom is 0.315 e. The quantitative estimate of drug-likeness (QED) is 0.442. The standard InChI is InChI=1S/C14H17FN4O4/c15-9-3-1-8(2-4-9)5-16-12(21)11(7-20)18-13(22)10-6-17-14(23)19-10/h1-4,10-11,20H,5-7H2,(H,16,21)(H,18,22)(H2,17,19,23). The lowest BCUT2D eigenvalue weighted by Gasteiger charge is -2.18. The topological polar surface area (TPSA) is 120 Å². The molecule has 1 heterocycles. The molecule has 2 atom stereocenters. The van der Waals surface area contributed by atoms with Crippen LogP contribution in [0.4, 0.5) is 9.18 Å². The van der Waals surface area contributed by atoms with Crippen LogP contribution in [0, 0.1) is 5.82 Å². The van der Waals surface area contributed by atoms with E-state index in [-0.39, 0.29) is 18.9 Å². The van der Waals surface area contributed by atoms with Gasteiger partial charge < -0.3 is 26.4 Å². The average Bonchev–Trinajstić information content (AvgIpc) is 2.98. The third kappa shape index (κ3) is 4.65. The lowest BCUT2D eigenvalue weighted by Crippen LogP contribution is -2.53. The zero-order valence-corrected chi connectivity index (χ0v) is 12.1. The number of amides is 4. The fourth-order valence-electron chi connectivity index (χ4n) is 1.99. The molecule has 2 unspecified atom stereocenters. The van der Waals surface area contributed by atoms with Crippen LogP contribution in [-0.4, -0.2) is 48.2 Å². The molecule has 9 heteroatoms. The summed E-state index contributed by atoms with van der Waals surface area (Å²) >= 11 is 0. The van der Waals surface area contributed by atoms with Crippen molar-refractivity contribution in [2.75, 3.05) is 13.2 Å². The van der Waals surface area contributed by atoms with E-state index >= 15 is 0 Å². The Bertz CT molecular complexity index is 593. The fraction of sp³-hybridized carbons (Fsp3) is 0.357. The van der Waals surface area contributed by atoms with Crippen molar-refractivity contribution in [2.45, 2.75) is 18.6 Å². The second-order valence-corrected chi connectivity index (χ2v) is 4.99. The Morgan fingerprint density at radius 3 is 2.61 bits per heavy atom. The van der Waals surface area contributed by atoms with Gasteiger partial charge in [0.1, 0.15) is 17.9 Å². The van der Waals surface area contributed by atoms with Crippen molar-refractivity contribution < 1.29 is 23.9 Å². The second kappa shape index (κ2) is 7.54. The van der Waals surface area contributed by atoms with E-state index in [1.165, 1.54) is 24.3 Å². The van der Waals surface area contributed by atoms with E-state index in [1.807, 2.05) is 0 Å². The Hall–Kier alpha value is -2.68. The maximum atomic E-state index is 12.8. The Kier molecular flexibility index (Phi) is 5.47. The average molecular weight is 324 g/mol. The monoisotopic (exact) mass is 324 g/mol. The van der Waals surface area contributed by atoms with Crippen molar-refractivity contribution in [1.29, 1.82) is 0 Å². The van der Waals surface area contributed by atoms with E-state index in [0.29, 0.717) is 5.56 Å². The van der Waals surface area contributed by atoms with E-state index < -0.39 is 36.5 Å². The van der Waals surface area contributed by atoms with Crippen LogP contribution >= 0.6 is 0 Å². The van der Waals surface area contributed by atoms with Gasteiger partial charge in [0, 0.05) is 13.1 Å². The minimum Gasteiger partial charge on any atom is -0.394 e. The molecule has 124 valence electrons. The minimum atomic E-state index is -1.14. The van der Waals surface area contributed by atoms with Crippen LogP contribution in [0.25, 0.3) is 0 Å². The summed E-state index contributed by atoms with van der Waals surface area (Å²) in [6.45, 7) is -0.345. The molecule has 2 rings (SSSR count). The summed E-state index contributed by atoms with van der Waals surface area (Å²) in [5.41, 5.74) is 0.676. The highest BCUT2D eigenvalue weighted by Gasteiger charge is 2.29. The normalized spacial score (nSPS) is 17.8. The highest BCUT2D eigenvalue weighted by Crippen LogP contribution is 2.02. The van der Waals surface area contributed by atoms with Crippen LogP contribution in [-0.2, 0) is 16.1 Å². The van der Waals surface area contributed by atoms with Crippen LogP contribution in [0.2, 0.25) is 0 Å². The number of rotatable bonds is 6. The molecular formula is C14H17FN4O4. The van der Waals surface area contributed by atoms with Crippen LogP contribution in [0.3, 0.4) is 0 Å². The molecule has 0 aromatic heterocycles. The number of urea groups is 1. The van der Waals surface area contributed by atoms with Gasteiger partial charge in [0.2, 0.25) is 11.8 Å². The van der Waals surface area contributed by atoms with Gasteiger partial charge in [0.15, 0.2) is 0 Å². The molecule has 0 bridgehead atoms. The van der Waals surface area contributed by atoms with E-state index in [1.54, 1.807) is 0 Å². The summed E-state index contributed by atoms with van der Waals surface area (Å²) in [6, 6.07) is 3.17. The van der Waals surface area contributed by atoms with Gasteiger partial charge in [-0.15, -0.1) is 0 Å². The first-order valence-corrected chi connectivity index (χ1v) is 6.97. The minimum absolute atomic E-state index is 0.111. The Morgan fingerprint density at radius 2 is 2.04 bits per heavy atom. The number of benzene rings is 1. The third-order valence-corrected chi connectivity index (χ3v) is 3.28. The van der Waals surface area contributed by atoms with E-state index in [9.17, 15) is 23.9 Å². The molecule has 1 aliphatic heterocycles. The Balaban J connectivity index is 1.84. The van der Waals surface area contributed by atoms with Gasteiger partial charge in [-0.05, 0) is 17.7 Å². The molecule has 1 aromatic rings. The number of halogens is 1. The van der Waals surface area contributed by atoms with Crippen molar-refractivity contribution >= 4 is 17.8 Å². The maximum absolute atomic E-state index is 12.8. The molecule has 0 spiro atoms. The predicted molar refractivity (Wildman–Crippen MR) is 77.6 cm³/mol. The molecule has 0 saturated carbocycles. The molecule has 1 saturated heterocycles. The first-order valence-electron chi connectivity index (χ1n) is 6.97. The number of hydrogen-bond acceptors (Lipinski definition) is 4. The van der Waals surface area contributed by atoms with E-state index in [4.69, 9.17) is 0 Å². The van der Waals surface area contributed by atoms with Gasteiger partial charge in [0.25, 0.3) is 0 Å². The van der Waals surface area contributed by atoms with Gasteiger partial charge in [-0.3, -0.25) is 9.59 Å². The number of aliphatic hydroxyl groups is 1. The third-order valence-electron chi connectivity index (χ3n) is 3.28. The largest absolute Gasteiger partial charge is 0.394 e. The summed E-state index contributed by atoms with van der Waals surface area (Å²) in [7, 11) is 0. The summed E-state index contributed by atoms with van der Waals surface area (Å²) in [4.78, 5) is 34.8. The molecule has 1 fully saturated rings. The highest BCUT2D eigenvalue weighted by atomic mass is 19.1. The lowest BCUT2D eigenvalue weighted by molar-refractivity contribution is -0.130. The Labute approximate surface area is 131 Å². The number of carbonyl (C=O) groups excluding carboxylic acids is 3. The molecule has 1 aliphatic rings. The first-order chi connectivity index (χ1) is 11.0. The van der Waals surface area contributed by atoms with Crippen molar-refractivity contribution in [1.82, 2.24) is 21.3 Å². The SMILES string of the molecule is O=C1NCC(C(=O)NC(CO)C(=O)NCc2ccc(F)cc2)N1. The van der Waals surface area contributed by atoms with Crippen molar-refractivity contribution in [3.63, 3.8) is 0 Å². The molecule has 4 amide bonds. The van der Waals surface area contributed by atoms with Gasteiger partial charge in [-0.2, -0.15) is 0 Å². The molecule has 5 N–H and O–H groups in total. The molecule has 0 aliphatic carbocycles. The second-order valence-electron chi connectivity index (χ2n) is 4.99. The Morgan fingerprint density at radius 1 is 1.35 bits per heavy atom. The van der Waals surface area contributed by atoms with Crippen molar-refractivity contribution in [3.8, 4) is 0 Å². The molecule has 8 nitrogen and oxygen atoms in total. The van der Waals surface area contributed by atoms with Crippen LogP contribution in [0.1, 0.15) is 5.56 Å². The van der Waals surface area contributed by atoms with Crippen LogP contribution in [0.15, 0.2) is 24.3 Å². The predicted octanol–water partition coefficient (Wildman–Crippen LogP) is -1.40. The zero-order valence-electron chi connectivity index (χ0n) is 12.1. The lowest BCUT2D eigenvalue weighted by atomic mass is 10.2. The van der Waals surface area contributed by atoms with Crippen LogP contribution < -0.4 is 21.3 Å². The fourth-order valence-corrected chi connectivity index (χ4v) is 1.99. The van der Waals surface area contributed by atoms with Gasteiger partial charge in [-0.1, -0.05) is 12.1 Å². The van der Waals surface area contributed by atoms with Gasteiger partial charge in [0.05, 0.1) is 6.61 Å². The molecule has 23 heavy (non-hydrogen) atoms. The zero-order chi connectivity index (χ0) is 16.8. The van der Waals surface area contributed by atoms with Gasteiger partial charge >= 0.3 is 6.03 Å². The summed E-state index contributed by atoms with van der Waals surface area (Å²) < 4.78 is 12.8. The molecule has 1 aromatic carbocycles. The smallest absolute Gasteiger partial charge is 0.315 e. The number of hydrogen-bond donors (Lipinski definition) is 5. The molecular weight excluding hydrogens is 307 g/mol. The number of aliphatic hydroxyl groups excluding tert-OH is 1. The van der Waals surface area contributed by atoms with Crippen molar-refractivity contribution in [3.05, 3.63) is 35.6 Å². The van der Waals surface area contributed by atoms with E-state index in [2.05, 4.69) is 21.3 Å². The van der Waals surface area contributed by atoms with Gasteiger partial charge in [-0.25, -0.2) is 9.18 Å². The summed E-state index contributed by atoms with van der Waals surface area (Å²) in [5.74, 6) is -1.53. The van der Waals surface area contributed by atoms with E-state index in [0.717, 1.165) is 0 Å². The number of nitrogens with one attached hydrogen (secondary N) is 4.